The van der Waals surface area contributed by atoms with Gasteiger partial charge in [0.2, 0.25) is 0 Å². The molecule has 3 heterocycles. The first-order valence-electron chi connectivity index (χ1n) is 23.9. The number of phosphoric ester groups is 1. The van der Waals surface area contributed by atoms with E-state index in [9.17, 15) is 24.2 Å². The fourth-order valence-electron chi connectivity index (χ4n) is 7.80. The number of aliphatic hydroxyl groups is 1. The van der Waals surface area contributed by atoms with Crippen LogP contribution in [0.2, 0.25) is 0 Å². The predicted octanol–water partition coefficient (Wildman–Crippen LogP) is 10.6. The number of hydrogen-bond donors (Lipinski definition) is 3. The van der Waals surface area contributed by atoms with Gasteiger partial charge in [-0.1, -0.05) is 168 Å². The Kier molecular flexibility index (Phi) is 27.7. The summed E-state index contributed by atoms with van der Waals surface area (Å²) in [5, 5.41) is 9.84. The summed E-state index contributed by atoms with van der Waals surface area (Å²) in [6.45, 7) is 3.24. The van der Waals surface area contributed by atoms with Crippen molar-refractivity contribution >= 4 is 36.7 Å². The first kappa shape index (κ1) is 52.7. The fraction of sp³-hybridized carbons (Fsp3) is 0.844. The minimum absolute atomic E-state index is 0.0592. The summed E-state index contributed by atoms with van der Waals surface area (Å²) in [6.07, 6.45) is 30.1. The number of carbonyl (C=O) groups excluding carboxylic acids is 2. The smallest absolute Gasteiger partial charge is 0.462 e. The number of nitrogens with zero attached hydrogens (tertiary/aromatic N) is 4. The van der Waals surface area contributed by atoms with Gasteiger partial charge in [0.05, 0.1) is 25.6 Å². The average molecular weight is 882 g/mol. The lowest BCUT2D eigenvalue weighted by atomic mass is 10.0. The van der Waals surface area contributed by atoms with Gasteiger partial charge in [-0.15, -0.1) is 0 Å². The van der Waals surface area contributed by atoms with E-state index in [0.717, 1.165) is 38.5 Å². The molecule has 2 aromatic heterocycles. The number of aromatic nitrogens is 4. The molecule has 2 aromatic rings. The van der Waals surface area contributed by atoms with Crippen molar-refractivity contribution in [2.45, 2.75) is 225 Å². The molecule has 1 saturated heterocycles. The molecule has 16 heteroatoms. The number of nitrogens with two attached hydrogens (primary N) is 1. The number of unbranched alkanes of at least 4 members (excludes halogenated alkanes) is 24. The number of carbonyl (C=O) groups is 2. The molecule has 0 spiro atoms. The van der Waals surface area contributed by atoms with Crippen molar-refractivity contribution in [2.24, 2.45) is 0 Å². The van der Waals surface area contributed by atoms with Crippen LogP contribution in [0, 0.1) is 0 Å². The lowest BCUT2D eigenvalue weighted by molar-refractivity contribution is -0.161. The first-order chi connectivity index (χ1) is 29.7. The van der Waals surface area contributed by atoms with E-state index in [-0.39, 0.29) is 38.3 Å². The Morgan fingerprint density at radius 3 is 1.75 bits per heavy atom. The number of anilines is 1. The van der Waals surface area contributed by atoms with Crippen LogP contribution in [0.4, 0.5) is 5.82 Å². The third kappa shape index (κ3) is 22.5. The summed E-state index contributed by atoms with van der Waals surface area (Å²) < 4.78 is 42.9. The van der Waals surface area contributed by atoms with Gasteiger partial charge in [0.15, 0.2) is 23.8 Å². The van der Waals surface area contributed by atoms with Crippen molar-refractivity contribution in [1.29, 1.82) is 0 Å². The minimum atomic E-state index is -4.81. The molecule has 3 rings (SSSR count). The van der Waals surface area contributed by atoms with E-state index >= 15 is 0 Å². The molecule has 5 atom stereocenters. The van der Waals surface area contributed by atoms with Gasteiger partial charge in [0, 0.05) is 19.3 Å². The molecule has 15 nitrogen and oxygen atoms in total. The number of nitrogen functional groups attached to an aromatic ring is 1. The summed E-state index contributed by atoms with van der Waals surface area (Å²) in [4.78, 5) is 48.9. The Bertz CT molecular complexity index is 1520. The largest absolute Gasteiger partial charge is 0.472 e. The molecule has 0 saturated carbocycles. The molecular formula is C45H80N5O10P. The highest BCUT2D eigenvalue weighted by Gasteiger charge is 2.43. The van der Waals surface area contributed by atoms with E-state index in [2.05, 4.69) is 28.8 Å². The number of aliphatic hydroxyl groups excluding tert-OH is 1. The van der Waals surface area contributed by atoms with Crippen molar-refractivity contribution in [3.63, 3.8) is 0 Å². The molecule has 4 N–H and O–H groups in total. The average Bonchev–Trinajstić information content (AvgIpc) is 3.86. The van der Waals surface area contributed by atoms with Crippen LogP contribution in [0.15, 0.2) is 12.7 Å². The zero-order chi connectivity index (χ0) is 44.0. The Morgan fingerprint density at radius 2 is 1.25 bits per heavy atom. The number of phosphoric acid groups is 1. The van der Waals surface area contributed by atoms with Crippen LogP contribution in [0.1, 0.15) is 206 Å². The lowest BCUT2D eigenvalue weighted by Gasteiger charge is -2.24. The number of imidazole rings is 1. The zero-order valence-electron chi connectivity index (χ0n) is 37.6. The molecule has 350 valence electrons. The van der Waals surface area contributed by atoms with E-state index in [1.165, 1.54) is 133 Å². The summed E-state index contributed by atoms with van der Waals surface area (Å²) in [6, 6.07) is 0. The number of fused-ring (bicyclic) bond motifs is 1. The monoisotopic (exact) mass is 882 g/mol. The van der Waals surface area contributed by atoms with Crippen LogP contribution in [-0.2, 0) is 37.4 Å². The SMILES string of the molecule is CCCCCCCCCCCCCCCC(=O)OCC(COP(=O)(O)O[C@@H]1C[C@@H](CO)O[C@H]1n1cnc2c(N)ncnc21)OC(=O)CCCCCCCCCCCCCCC. The van der Waals surface area contributed by atoms with Crippen LogP contribution >= 0.6 is 7.82 Å². The van der Waals surface area contributed by atoms with Crippen molar-refractivity contribution in [2.75, 3.05) is 25.6 Å². The molecule has 61 heavy (non-hydrogen) atoms. The van der Waals surface area contributed by atoms with Gasteiger partial charge < -0.3 is 29.9 Å². The molecule has 0 aromatic carbocycles. The highest BCUT2D eigenvalue weighted by Crippen LogP contribution is 2.49. The van der Waals surface area contributed by atoms with Crippen LogP contribution < -0.4 is 5.73 Å². The van der Waals surface area contributed by atoms with Gasteiger partial charge in [0.25, 0.3) is 0 Å². The van der Waals surface area contributed by atoms with Gasteiger partial charge in [0.1, 0.15) is 24.6 Å². The Hall–Kier alpha value is -2.68. The summed E-state index contributed by atoms with van der Waals surface area (Å²) >= 11 is 0. The summed E-state index contributed by atoms with van der Waals surface area (Å²) in [5.74, 6) is -0.781. The second-order valence-corrected chi connectivity index (χ2v) is 18.2. The van der Waals surface area contributed by atoms with Crippen molar-refractivity contribution in [1.82, 2.24) is 19.5 Å². The molecule has 2 unspecified atom stereocenters. The van der Waals surface area contributed by atoms with E-state index < -0.39 is 50.9 Å². The zero-order valence-corrected chi connectivity index (χ0v) is 38.5. The summed E-state index contributed by atoms with van der Waals surface area (Å²) in [5.41, 5.74) is 6.57. The molecule has 1 aliphatic rings. The van der Waals surface area contributed by atoms with Crippen molar-refractivity contribution < 1.29 is 47.4 Å². The molecule has 1 aliphatic heterocycles. The maximum atomic E-state index is 13.4. The number of ether oxygens (including phenoxy) is 3. The van der Waals surface area contributed by atoms with Crippen LogP contribution in [0.3, 0.4) is 0 Å². The molecule has 0 bridgehead atoms. The van der Waals surface area contributed by atoms with Gasteiger partial charge in [-0.2, -0.15) is 0 Å². The first-order valence-corrected chi connectivity index (χ1v) is 25.4. The van der Waals surface area contributed by atoms with E-state index in [1.807, 2.05) is 0 Å². The van der Waals surface area contributed by atoms with Crippen LogP contribution in [0.25, 0.3) is 11.2 Å². The molecule has 1 fully saturated rings. The van der Waals surface area contributed by atoms with Crippen LogP contribution in [-0.4, -0.2) is 79.6 Å². The fourth-order valence-corrected chi connectivity index (χ4v) is 8.75. The molecule has 0 radical (unpaired) electrons. The second kappa shape index (κ2) is 32.0. The second-order valence-electron chi connectivity index (χ2n) is 16.8. The van der Waals surface area contributed by atoms with Crippen LogP contribution in [0.5, 0.6) is 0 Å². The molecular weight excluding hydrogens is 801 g/mol. The highest BCUT2D eigenvalue weighted by atomic mass is 31.2. The third-order valence-corrected chi connectivity index (χ3v) is 12.4. The van der Waals surface area contributed by atoms with Gasteiger partial charge >= 0.3 is 19.8 Å². The van der Waals surface area contributed by atoms with Crippen molar-refractivity contribution in [3.05, 3.63) is 12.7 Å². The number of esters is 2. The van der Waals surface area contributed by atoms with E-state index in [0.29, 0.717) is 24.0 Å². The molecule has 0 aliphatic carbocycles. The van der Waals surface area contributed by atoms with Gasteiger partial charge in [-0.25, -0.2) is 19.5 Å². The maximum absolute atomic E-state index is 13.4. The normalized spacial score (nSPS) is 18.1. The molecule has 0 amide bonds. The topological polar surface area (TPSA) is 207 Å². The highest BCUT2D eigenvalue weighted by molar-refractivity contribution is 7.47. The van der Waals surface area contributed by atoms with E-state index in [4.69, 9.17) is 29.0 Å². The van der Waals surface area contributed by atoms with E-state index in [1.54, 1.807) is 0 Å². The minimum Gasteiger partial charge on any atom is -0.462 e. The number of rotatable bonds is 38. The lowest BCUT2D eigenvalue weighted by Crippen LogP contribution is -2.30. The standard InChI is InChI=1S/C45H80N5O10P/c1-3-5-7-9-11-13-15-17-19-21-23-25-27-29-40(52)56-33-38(58-41(53)30-28-26-24-22-20-18-16-14-12-10-8-6-4-2)34-57-61(54,55)60-39-31-37(32-51)59-45(39)50-36-49-42-43(46)47-35-48-44(42)50/h35-39,45,51H,3-34H2,1-2H3,(H,54,55)(H2,46,47,48)/t37-,38?,39+,45+/m0/s1. The Labute approximate surface area is 365 Å². The maximum Gasteiger partial charge on any atom is 0.472 e. The Balaban J connectivity index is 1.44. The van der Waals surface area contributed by atoms with Gasteiger partial charge in [-0.05, 0) is 12.8 Å². The Morgan fingerprint density at radius 1 is 0.754 bits per heavy atom. The predicted molar refractivity (Wildman–Crippen MR) is 237 cm³/mol. The quantitative estimate of drug-likeness (QED) is 0.0326. The van der Waals surface area contributed by atoms with Crippen molar-refractivity contribution in [3.8, 4) is 0 Å². The summed E-state index contributed by atoms with van der Waals surface area (Å²) in [7, 11) is -4.81. The van der Waals surface area contributed by atoms with Gasteiger partial charge in [-0.3, -0.25) is 23.2 Å². The third-order valence-electron chi connectivity index (χ3n) is 11.4. The number of hydrogen-bond acceptors (Lipinski definition) is 13.